The van der Waals surface area contributed by atoms with Crippen LogP contribution in [0.1, 0.15) is 18.4 Å². The molecule has 0 atom stereocenters. The van der Waals surface area contributed by atoms with Gasteiger partial charge in [0.25, 0.3) is 0 Å². The standard InChI is InChI=1S/C12H20N6/c13-10-9(7-8-1-2-8)11(17-12(14)16-10)18-5-3-15-4-6-18/h8,15H,1-7H2,(H4,13,14,16,17). The maximum absolute atomic E-state index is 6.03. The van der Waals surface area contributed by atoms with Gasteiger partial charge >= 0.3 is 0 Å². The molecule has 1 aromatic heterocycles. The summed E-state index contributed by atoms with van der Waals surface area (Å²) in [7, 11) is 0. The van der Waals surface area contributed by atoms with Crippen molar-refractivity contribution in [2.45, 2.75) is 19.3 Å². The van der Waals surface area contributed by atoms with Crippen molar-refractivity contribution >= 4 is 17.6 Å². The highest BCUT2D eigenvalue weighted by Crippen LogP contribution is 2.36. The number of nitrogen functional groups attached to an aromatic ring is 2. The number of hydrogen-bond donors (Lipinski definition) is 3. The zero-order chi connectivity index (χ0) is 12.5. The average molecular weight is 248 g/mol. The number of aromatic nitrogens is 2. The molecule has 3 rings (SSSR count). The van der Waals surface area contributed by atoms with E-state index in [1.165, 1.54) is 12.8 Å². The van der Waals surface area contributed by atoms with Gasteiger partial charge in [0.05, 0.1) is 0 Å². The van der Waals surface area contributed by atoms with Gasteiger partial charge in [0.1, 0.15) is 11.6 Å². The summed E-state index contributed by atoms with van der Waals surface area (Å²) in [5.74, 6) is 2.55. The van der Waals surface area contributed by atoms with Crippen molar-refractivity contribution < 1.29 is 0 Å². The normalized spacial score (nSPS) is 20.1. The molecule has 18 heavy (non-hydrogen) atoms. The van der Waals surface area contributed by atoms with Gasteiger partial charge in [0.2, 0.25) is 5.95 Å². The molecule has 1 saturated heterocycles. The van der Waals surface area contributed by atoms with Gasteiger partial charge in [-0.25, -0.2) is 0 Å². The summed E-state index contributed by atoms with van der Waals surface area (Å²) < 4.78 is 0. The van der Waals surface area contributed by atoms with Crippen LogP contribution < -0.4 is 21.7 Å². The second-order valence-corrected chi connectivity index (χ2v) is 5.15. The van der Waals surface area contributed by atoms with Crippen molar-refractivity contribution in [1.29, 1.82) is 0 Å². The fourth-order valence-corrected chi connectivity index (χ4v) is 2.45. The minimum atomic E-state index is 0.278. The number of nitrogens with one attached hydrogen (secondary N) is 1. The van der Waals surface area contributed by atoms with E-state index >= 15 is 0 Å². The predicted molar refractivity (Wildman–Crippen MR) is 72.4 cm³/mol. The number of nitrogens with two attached hydrogens (primary N) is 2. The average Bonchev–Trinajstić information content (AvgIpc) is 3.17. The number of hydrogen-bond acceptors (Lipinski definition) is 6. The van der Waals surface area contributed by atoms with E-state index in [1.807, 2.05) is 0 Å². The van der Waals surface area contributed by atoms with Crippen molar-refractivity contribution in [2.75, 3.05) is 42.5 Å². The van der Waals surface area contributed by atoms with Crippen molar-refractivity contribution in [3.05, 3.63) is 5.56 Å². The SMILES string of the molecule is Nc1nc(N)c(CC2CC2)c(N2CCNCC2)n1. The van der Waals surface area contributed by atoms with Crippen LogP contribution in [0.2, 0.25) is 0 Å². The van der Waals surface area contributed by atoms with Crippen LogP contribution in [0, 0.1) is 5.92 Å². The number of nitrogens with zero attached hydrogens (tertiary/aromatic N) is 3. The fraction of sp³-hybridized carbons (Fsp3) is 0.667. The second kappa shape index (κ2) is 4.61. The van der Waals surface area contributed by atoms with Crippen molar-refractivity contribution in [3.63, 3.8) is 0 Å². The van der Waals surface area contributed by atoms with Crippen LogP contribution in [-0.2, 0) is 6.42 Å². The first-order valence-corrected chi connectivity index (χ1v) is 6.61. The van der Waals surface area contributed by atoms with Gasteiger partial charge in [0.15, 0.2) is 0 Å². The fourth-order valence-electron chi connectivity index (χ4n) is 2.45. The van der Waals surface area contributed by atoms with Crippen molar-refractivity contribution in [3.8, 4) is 0 Å². The summed E-state index contributed by atoms with van der Waals surface area (Å²) in [5, 5.41) is 3.34. The molecular weight excluding hydrogens is 228 g/mol. The smallest absolute Gasteiger partial charge is 0.223 e. The lowest BCUT2D eigenvalue weighted by atomic mass is 10.1. The molecule has 0 bridgehead atoms. The van der Waals surface area contributed by atoms with Gasteiger partial charge in [-0.05, 0) is 25.2 Å². The lowest BCUT2D eigenvalue weighted by molar-refractivity contribution is 0.582. The molecule has 0 aromatic carbocycles. The van der Waals surface area contributed by atoms with Crippen LogP contribution in [0.5, 0.6) is 0 Å². The minimum absolute atomic E-state index is 0.278. The zero-order valence-corrected chi connectivity index (χ0v) is 10.5. The third-order valence-corrected chi connectivity index (χ3v) is 3.64. The van der Waals surface area contributed by atoms with Crippen LogP contribution in [0.4, 0.5) is 17.6 Å². The number of piperazine rings is 1. The van der Waals surface area contributed by atoms with Gasteiger partial charge in [-0.3, -0.25) is 0 Å². The summed E-state index contributed by atoms with van der Waals surface area (Å²) >= 11 is 0. The third-order valence-electron chi connectivity index (χ3n) is 3.64. The topological polar surface area (TPSA) is 93.1 Å². The molecule has 98 valence electrons. The van der Waals surface area contributed by atoms with Gasteiger partial charge in [0, 0.05) is 31.7 Å². The number of rotatable bonds is 3. The maximum Gasteiger partial charge on any atom is 0.223 e. The van der Waals surface area contributed by atoms with Gasteiger partial charge in [-0.1, -0.05) is 0 Å². The molecule has 1 saturated carbocycles. The monoisotopic (exact) mass is 248 g/mol. The third kappa shape index (κ3) is 2.33. The highest BCUT2D eigenvalue weighted by atomic mass is 15.3. The van der Waals surface area contributed by atoms with Crippen LogP contribution >= 0.6 is 0 Å². The Morgan fingerprint density at radius 1 is 1.17 bits per heavy atom. The predicted octanol–water partition coefficient (Wildman–Crippen LogP) is 0.00310. The Hall–Kier alpha value is -1.56. The zero-order valence-electron chi connectivity index (χ0n) is 10.5. The molecule has 0 spiro atoms. The lowest BCUT2D eigenvalue weighted by Crippen LogP contribution is -2.44. The van der Waals surface area contributed by atoms with Crippen LogP contribution in [-0.4, -0.2) is 36.1 Å². The summed E-state index contributed by atoms with van der Waals surface area (Å²) in [6, 6.07) is 0. The molecule has 1 aliphatic carbocycles. The summed E-state index contributed by atoms with van der Waals surface area (Å²) in [5.41, 5.74) is 12.9. The first-order chi connectivity index (χ1) is 8.74. The summed E-state index contributed by atoms with van der Waals surface area (Å²) in [6.07, 6.45) is 3.58. The minimum Gasteiger partial charge on any atom is -0.383 e. The van der Waals surface area contributed by atoms with E-state index in [4.69, 9.17) is 11.5 Å². The lowest BCUT2D eigenvalue weighted by Gasteiger charge is -2.30. The molecule has 1 aliphatic heterocycles. The maximum atomic E-state index is 6.03. The number of anilines is 3. The Morgan fingerprint density at radius 2 is 1.89 bits per heavy atom. The van der Waals surface area contributed by atoms with Crippen LogP contribution in [0.3, 0.4) is 0 Å². The highest BCUT2D eigenvalue weighted by Gasteiger charge is 2.27. The molecule has 6 heteroatoms. The van der Waals surface area contributed by atoms with E-state index in [0.717, 1.165) is 49.9 Å². The molecule has 2 fully saturated rings. The van der Waals surface area contributed by atoms with E-state index < -0.39 is 0 Å². The van der Waals surface area contributed by atoms with E-state index in [0.29, 0.717) is 5.82 Å². The Bertz CT molecular complexity index is 436. The first-order valence-electron chi connectivity index (χ1n) is 6.61. The van der Waals surface area contributed by atoms with E-state index in [-0.39, 0.29) is 5.95 Å². The largest absolute Gasteiger partial charge is 0.383 e. The molecule has 5 N–H and O–H groups in total. The van der Waals surface area contributed by atoms with Gasteiger partial charge in [-0.2, -0.15) is 9.97 Å². The van der Waals surface area contributed by atoms with Crippen LogP contribution in [0.15, 0.2) is 0 Å². The molecule has 1 aromatic rings. The van der Waals surface area contributed by atoms with E-state index in [9.17, 15) is 0 Å². The molecule has 6 nitrogen and oxygen atoms in total. The quantitative estimate of drug-likeness (QED) is 0.697. The van der Waals surface area contributed by atoms with E-state index in [2.05, 4.69) is 20.2 Å². The Kier molecular flexibility index (Phi) is 2.95. The Labute approximate surface area is 107 Å². The summed E-state index contributed by atoms with van der Waals surface area (Å²) in [4.78, 5) is 10.8. The molecule has 2 heterocycles. The Balaban J connectivity index is 1.92. The molecule has 0 amide bonds. The Morgan fingerprint density at radius 3 is 2.56 bits per heavy atom. The van der Waals surface area contributed by atoms with Crippen molar-refractivity contribution in [1.82, 2.24) is 15.3 Å². The molecular formula is C12H20N6. The molecule has 0 radical (unpaired) electrons. The van der Waals surface area contributed by atoms with Crippen molar-refractivity contribution in [2.24, 2.45) is 5.92 Å². The second-order valence-electron chi connectivity index (χ2n) is 5.15. The van der Waals surface area contributed by atoms with E-state index in [1.54, 1.807) is 0 Å². The molecule has 0 unspecified atom stereocenters. The molecule has 2 aliphatic rings. The summed E-state index contributed by atoms with van der Waals surface area (Å²) in [6.45, 7) is 3.86. The van der Waals surface area contributed by atoms with Gasteiger partial charge in [-0.15, -0.1) is 0 Å². The van der Waals surface area contributed by atoms with Gasteiger partial charge < -0.3 is 21.7 Å². The van der Waals surface area contributed by atoms with Crippen LogP contribution in [0.25, 0.3) is 0 Å². The first kappa shape index (κ1) is 11.5. The highest BCUT2D eigenvalue weighted by molar-refractivity contribution is 5.60.